The first-order valence-electron chi connectivity index (χ1n) is 7.25. The molecule has 1 heteroatoms. The van der Waals surface area contributed by atoms with Gasteiger partial charge in [-0.15, -0.1) is 0 Å². The van der Waals surface area contributed by atoms with Crippen molar-refractivity contribution in [1.82, 2.24) is 0 Å². The smallest absolute Gasteiger partial charge is 0.123 e. The largest absolute Gasteiger partial charge is 0.493 e. The fourth-order valence-corrected chi connectivity index (χ4v) is 2.51. The molecule has 0 spiro atoms. The third kappa shape index (κ3) is 3.09. The molecule has 1 aliphatic carbocycles. The summed E-state index contributed by atoms with van der Waals surface area (Å²) in [5, 5.41) is 0. The molecule has 1 aromatic carbocycles. The van der Waals surface area contributed by atoms with Crippen LogP contribution in [0.25, 0.3) is 0 Å². The number of para-hydroxylation sites is 1. The second-order valence-corrected chi connectivity index (χ2v) is 5.62. The average molecular weight is 256 g/mol. The molecule has 19 heavy (non-hydrogen) atoms. The van der Waals surface area contributed by atoms with E-state index in [-0.39, 0.29) is 5.41 Å². The zero-order valence-electron chi connectivity index (χ0n) is 12.3. The topological polar surface area (TPSA) is 9.23 Å². The molecule has 0 unspecified atom stereocenters. The zero-order valence-corrected chi connectivity index (χ0v) is 12.3. The van der Waals surface area contributed by atoms with Gasteiger partial charge in [0.25, 0.3) is 0 Å². The lowest BCUT2D eigenvalue weighted by Crippen LogP contribution is -2.20. The summed E-state index contributed by atoms with van der Waals surface area (Å²) in [5.41, 5.74) is 2.68. The maximum absolute atomic E-state index is 5.97. The minimum atomic E-state index is 0.00973. The number of benzene rings is 1. The molecule has 0 saturated carbocycles. The van der Waals surface area contributed by atoms with Crippen LogP contribution in [-0.4, -0.2) is 6.61 Å². The van der Waals surface area contributed by atoms with E-state index in [1.807, 2.05) is 0 Å². The molecule has 1 aliphatic rings. The van der Waals surface area contributed by atoms with Gasteiger partial charge < -0.3 is 4.74 Å². The first-order chi connectivity index (χ1) is 9.16. The fraction of sp³-hybridized carbons (Fsp3) is 0.444. The quantitative estimate of drug-likeness (QED) is 0.649. The van der Waals surface area contributed by atoms with Gasteiger partial charge in [0.05, 0.1) is 6.61 Å². The molecule has 0 bridgehead atoms. The summed E-state index contributed by atoms with van der Waals surface area (Å²) < 4.78 is 5.97. The highest BCUT2D eigenvalue weighted by atomic mass is 16.5. The van der Waals surface area contributed by atoms with Crippen molar-refractivity contribution >= 4 is 0 Å². The van der Waals surface area contributed by atoms with Crippen LogP contribution in [-0.2, 0) is 5.41 Å². The van der Waals surface area contributed by atoms with Crippen molar-refractivity contribution in [3.8, 4) is 5.75 Å². The van der Waals surface area contributed by atoms with Crippen molar-refractivity contribution in [3.05, 3.63) is 53.6 Å². The van der Waals surface area contributed by atoms with Crippen molar-refractivity contribution in [1.29, 1.82) is 0 Å². The lowest BCUT2D eigenvalue weighted by molar-refractivity contribution is 0.302. The second-order valence-electron chi connectivity index (χ2n) is 5.62. The van der Waals surface area contributed by atoms with Crippen LogP contribution >= 0.6 is 0 Å². The second kappa shape index (κ2) is 6.10. The van der Waals surface area contributed by atoms with E-state index < -0.39 is 0 Å². The number of unbranched alkanes of at least 4 members (excludes halogenated alkanes) is 1. The highest BCUT2D eigenvalue weighted by Crippen LogP contribution is 2.39. The number of allylic oxidation sites excluding steroid dienone is 4. The summed E-state index contributed by atoms with van der Waals surface area (Å²) in [6, 6.07) is 8.43. The molecular formula is C18H24O. The van der Waals surface area contributed by atoms with Crippen molar-refractivity contribution in [2.75, 3.05) is 6.61 Å². The molecule has 0 aromatic heterocycles. The molecule has 0 heterocycles. The summed E-state index contributed by atoms with van der Waals surface area (Å²) in [6.45, 7) is 7.54. The van der Waals surface area contributed by atoms with Crippen LogP contribution in [0.4, 0.5) is 0 Å². The molecule has 0 aliphatic heterocycles. The lowest BCUT2D eigenvalue weighted by Gasteiger charge is -2.28. The van der Waals surface area contributed by atoms with Gasteiger partial charge in [-0.25, -0.2) is 0 Å². The third-order valence-electron chi connectivity index (χ3n) is 3.81. The highest BCUT2D eigenvalue weighted by Gasteiger charge is 2.28. The normalized spacial score (nSPS) is 14.6. The SMILES string of the molecule is CCCCOc1ccccc1C(C)(C)C1=CCC=C1. The Kier molecular flexibility index (Phi) is 4.47. The molecule has 0 amide bonds. The van der Waals surface area contributed by atoms with Crippen LogP contribution in [0.15, 0.2) is 48.1 Å². The Morgan fingerprint density at radius 3 is 2.68 bits per heavy atom. The number of hydrogen-bond donors (Lipinski definition) is 0. The fourth-order valence-electron chi connectivity index (χ4n) is 2.51. The van der Waals surface area contributed by atoms with E-state index in [9.17, 15) is 0 Å². The first kappa shape index (κ1) is 13.9. The summed E-state index contributed by atoms with van der Waals surface area (Å²) >= 11 is 0. The molecule has 1 nitrogen and oxygen atoms in total. The molecule has 0 saturated heterocycles. The van der Waals surface area contributed by atoms with Gasteiger partial charge in [0.15, 0.2) is 0 Å². The van der Waals surface area contributed by atoms with Gasteiger partial charge in [-0.3, -0.25) is 0 Å². The van der Waals surface area contributed by atoms with Crippen LogP contribution in [0, 0.1) is 0 Å². The van der Waals surface area contributed by atoms with Crippen LogP contribution in [0.1, 0.15) is 45.6 Å². The van der Waals surface area contributed by atoms with Crippen LogP contribution in [0.2, 0.25) is 0 Å². The van der Waals surface area contributed by atoms with E-state index >= 15 is 0 Å². The minimum Gasteiger partial charge on any atom is -0.493 e. The highest BCUT2D eigenvalue weighted by molar-refractivity contribution is 5.48. The Balaban J connectivity index is 2.25. The van der Waals surface area contributed by atoms with Gasteiger partial charge in [0, 0.05) is 11.0 Å². The Morgan fingerprint density at radius 1 is 1.21 bits per heavy atom. The van der Waals surface area contributed by atoms with Crippen molar-refractivity contribution in [2.45, 2.75) is 45.4 Å². The summed E-state index contributed by atoms with van der Waals surface area (Å²) in [4.78, 5) is 0. The maximum atomic E-state index is 5.97. The Labute approximate surface area is 117 Å². The maximum Gasteiger partial charge on any atom is 0.123 e. The van der Waals surface area contributed by atoms with Gasteiger partial charge in [0.1, 0.15) is 5.75 Å². The lowest BCUT2D eigenvalue weighted by atomic mass is 9.77. The monoisotopic (exact) mass is 256 g/mol. The predicted molar refractivity (Wildman–Crippen MR) is 81.7 cm³/mol. The third-order valence-corrected chi connectivity index (χ3v) is 3.81. The molecule has 102 valence electrons. The zero-order chi connectivity index (χ0) is 13.7. The van der Waals surface area contributed by atoms with Crippen molar-refractivity contribution in [3.63, 3.8) is 0 Å². The van der Waals surface area contributed by atoms with Gasteiger partial charge in [-0.1, -0.05) is 63.6 Å². The molecule has 0 atom stereocenters. The Hall–Kier alpha value is -1.50. The Bertz CT molecular complexity index is 480. The van der Waals surface area contributed by atoms with Crippen LogP contribution < -0.4 is 4.74 Å². The van der Waals surface area contributed by atoms with E-state index in [4.69, 9.17) is 4.74 Å². The van der Waals surface area contributed by atoms with Gasteiger partial charge in [-0.2, -0.15) is 0 Å². The van der Waals surface area contributed by atoms with Crippen molar-refractivity contribution in [2.24, 2.45) is 0 Å². The molecule has 2 rings (SSSR count). The summed E-state index contributed by atoms with van der Waals surface area (Å²) in [6.07, 6.45) is 10.1. The molecule has 0 fully saturated rings. The predicted octanol–water partition coefficient (Wildman–Crippen LogP) is 5.03. The van der Waals surface area contributed by atoms with Gasteiger partial charge >= 0.3 is 0 Å². The summed E-state index contributed by atoms with van der Waals surface area (Å²) in [5.74, 6) is 1.03. The van der Waals surface area contributed by atoms with Gasteiger partial charge in [-0.05, 0) is 24.5 Å². The van der Waals surface area contributed by atoms with Crippen molar-refractivity contribution < 1.29 is 4.74 Å². The molecule has 1 aromatic rings. The van der Waals surface area contributed by atoms with E-state index in [2.05, 4.69) is 63.3 Å². The van der Waals surface area contributed by atoms with Gasteiger partial charge in [0.2, 0.25) is 0 Å². The molecule has 0 N–H and O–H groups in total. The molecule has 0 radical (unpaired) electrons. The first-order valence-corrected chi connectivity index (χ1v) is 7.25. The summed E-state index contributed by atoms with van der Waals surface area (Å²) in [7, 11) is 0. The number of rotatable bonds is 6. The Morgan fingerprint density at radius 2 is 2.00 bits per heavy atom. The molecular weight excluding hydrogens is 232 g/mol. The number of hydrogen-bond acceptors (Lipinski definition) is 1. The number of ether oxygens (including phenoxy) is 1. The average Bonchev–Trinajstić information content (AvgIpc) is 2.94. The van der Waals surface area contributed by atoms with Crippen LogP contribution in [0.5, 0.6) is 5.75 Å². The van der Waals surface area contributed by atoms with E-state index in [1.165, 1.54) is 17.6 Å². The minimum absolute atomic E-state index is 0.00973. The van der Waals surface area contributed by atoms with E-state index in [0.717, 1.165) is 25.2 Å². The van der Waals surface area contributed by atoms with Crippen LogP contribution in [0.3, 0.4) is 0 Å². The van der Waals surface area contributed by atoms with E-state index in [0.29, 0.717) is 0 Å². The standard InChI is InChI=1S/C18H24O/c1-4-5-14-19-17-13-9-8-12-16(17)18(2,3)15-10-6-7-11-15/h6,8-13H,4-5,7,14H2,1-3H3. The van der Waals surface area contributed by atoms with E-state index in [1.54, 1.807) is 0 Å².